The quantitative estimate of drug-likeness (QED) is 0.232. The van der Waals surface area contributed by atoms with Gasteiger partial charge < -0.3 is 25.4 Å². The summed E-state index contributed by atoms with van der Waals surface area (Å²) >= 11 is 0. The van der Waals surface area contributed by atoms with Crippen molar-refractivity contribution in [1.29, 1.82) is 0 Å². The average molecular weight is 445 g/mol. The summed E-state index contributed by atoms with van der Waals surface area (Å²) < 4.78 is 5.29. The van der Waals surface area contributed by atoms with Crippen LogP contribution in [0.2, 0.25) is 0 Å². The smallest absolute Gasteiger partial charge is 0.117 e. The zero-order valence-electron chi connectivity index (χ0n) is 18.9. The topological polar surface area (TPSA) is 82.8 Å². The maximum absolute atomic E-state index is 5.53. The molecule has 5 aromatic rings. The molecule has 3 aromatic heterocycles. The molecule has 5 N–H and O–H groups in total. The van der Waals surface area contributed by atoms with Gasteiger partial charge in [-0.2, -0.15) is 0 Å². The van der Waals surface area contributed by atoms with Gasteiger partial charge in [0.25, 0.3) is 0 Å². The van der Waals surface area contributed by atoms with E-state index in [1.165, 1.54) is 44.1 Å². The van der Waals surface area contributed by atoms with Crippen molar-refractivity contribution in [3.05, 3.63) is 95.2 Å². The van der Waals surface area contributed by atoms with Crippen LogP contribution in [0.3, 0.4) is 0 Å². The summed E-state index contributed by atoms with van der Waals surface area (Å²) in [5.74, 6) is 0.981. The van der Waals surface area contributed by atoms with E-state index in [2.05, 4.69) is 77.9 Å². The molecule has 0 saturated carbocycles. The van der Waals surface area contributed by atoms with E-state index in [0.29, 0.717) is 6.54 Å². The molecule has 0 saturated heterocycles. The van der Waals surface area contributed by atoms with Crippen LogP contribution in [0.4, 0.5) is 0 Å². The molecule has 33 heavy (non-hydrogen) atoms. The fourth-order valence-corrected chi connectivity index (χ4v) is 4.00. The van der Waals surface area contributed by atoms with Crippen LogP contribution in [0.5, 0.6) is 0 Å². The van der Waals surface area contributed by atoms with Gasteiger partial charge in [-0.3, -0.25) is 0 Å². The number of aryl methyl sites for hydroxylation is 2. The van der Waals surface area contributed by atoms with Crippen LogP contribution in [-0.2, 0) is 19.4 Å². The van der Waals surface area contributed by atoms with E-state index < -0.39 is 0 Å². The number of aromatic amines is 2. The molecule has 0 spiro atoms. The third kappa shape index (κ3) is 6.15. The average Bonchev–Trinajstić information content (AvgIpc) is 3.53. The Labute approximate surface area is 196 Å². The Balaban J connectivity index is 0.000000192. The number of benzene rings is 2. The predicted molar refractivity (Wildman–Crippen MR) is 140 cm³/mol. The van der Waals surface area contributed by atoms with Crippen molar-refractivity contribution in [2.24, 2.45) is 5.73 Å². The molecule has 5 nitrogen and oxygen atoms in total. The summed E-state index contributed by atoms with van der Waals surface area (Å²) in [6.07, 6.45) is 7.84. The van der Waals surface area contributed by atoms with Crippen LogP contribution >= 0.6 is 0 Å². The van der Waals surface area contributed by atoms with Gasteiger partial charge in [0.1, 0.15) is 5.76 Å². The van der Waals surface area contributed by atoms with Crippen molar-refractivity contribution < 1.29 is 4.42 Å². The Hall–Kier alpha value is -3.28. The molecule has 0 fully saturated rings. The molecule has 0 aliphatic carbocycles. The Morgan fingerprint density at radius 3 is 2.00 bits per heavy atom. The van der Waals surface area contributed by atoms with E-state index >= 15 is 0 Å². The minimum Gasteiger partial charge on any atom is -0.468 e. The summed E-state index contributed by atoms with van der Waals surface area (Å²) in [7, 11) is 0. The number of hydrogen-bond acceptors (Lipinski definition) is 3. The predicted octanol–water partition coefficient (Wildman–Crippen LogP) is 6.02. The van der Waals surface area contributed by atoms with E-state index in [1.807, 2.05) is 12.1 Å². The van der Waals surface area contributed by atoms with Crippen LogP contribution in [0.15, 0.2) is 71.6 Å². The molecular formula is C28H36N4O. The maximum atomic E-state index is 5.53. The lowest BCUT2D eigenvalue weighted by Crippen LogP contribution is -2.16. The lowest BCUT2D eigenvalue weighted by molar-refractivity contribution is 0.484. The molecular weight excluding hydrogens is 408 g/mol. The molecule has 0 radical (unpaired) electrons. The zero-order valence-corrected chi connectivity index (χ0v) is 18.9. The van der Waals surface area contributed by atoms with Gasteiger partial charge in [0, 0.05) is 34.2 Å². The first kappa shape index (κ1) is 24.4. The van der Waals surface area contributed by atoms with Crippen LogP contribution in [0, 0.1) is 13.8 Å². The van der Waals surface area contributed by atoms with Gasteiger partial charge in [0.15, 0.2) is 0 Å². The summed E-state index contributed by atoms with van der Waals surface area (Å²) in [6, 6.07) is 16.9. The van der Waals surface area contributed by atoms with Gasteiger partial charge in [-0.25, -0.2) is 0 Å². The highest BCUT2D eigenvalue weighted by Crippen LogP contribution is 2.20. The number of furan rings is 1. The summed E-state index contributed by atoms with van der Waals surface area (Å²) in [4.78, 5) is 6.57. The lowest BCUT2D eigenvalue weighted by atomic mass is 10.1. The highest BCUT2D eigenvalue weighted by Gasteiger charge is 2.04. The Morgan fingerprint density at radius 1 is 0.848 bits per heavy atom. The van der Waals surface area contributed by atoms with Crippen molar-refractivity contribution in [3.8, 4) is 0 Å². The zero-order chi connectivity index (χ0) is 22.3. The minimum atomic E-state index is 0. The van der Waals surface area contributed by atoms with E-state index in [-0.39, 0.29) is 7.43 Å². The molecule has 5 rings (SSSR count). The van der Waals surface area contributed by atoms with Crippen LogP contribution in [0.25, 0.3) is 21.8 Å². The SMILES string of the molecule is C.Cc1ccc2[nH]cc(CCN)c2c1.Cc1ccc2[nH]cc(CCNCc3ccco3)c2c1. The number of hydrogen-bond donors (Lipinski definition) is 4. The number of aromatic nitrogens is 2. The highest BCUT2D eigenvalue weighted by atomic mass is 16.3. The Morgan fingerprint density at radius 2 is 1.45 bits per heavy atom. The number of rotatable bonds is 7. The van der Waals surface area contributed by atoms with E-state index in [9.17, 15) is 0 Å². The molecule has 0 bridgehead atoms. The summed E-state index contributed by atoms with van der Waals surface area (Å²) in [5, 5.41) is 6.04. The fraction of sp³-hybridized carbons (Fsp3) is 0.286. The Bertz CT molecular complexity index is 1260. The van der Waals surface area contributed by atoms with Crippen molar-refractivity contribution in [1.82, 2.24) is 15.3 Å². The molecule has 0 aliphatic rings. The van der Waals surface area contributed by atoms with E-state index in [4.69, 9.17) is 10.2 Å². The second-order valence-electron chi connectivity index (χ2n) is 8.27. The summed E-state index contributed by atoms with van der Waals surface area (Å²) in [5.41, 5.74) is 13.2. The summed E-state index contributed by atoms with van der Waals surface area (Å²) in [6.45, 7) is 6.68. The van der Waals surface area contributed by atoms with E-state index in [1.54, 1.807) is 6.26 Å². The molecule has 0 amide bonds. The van der Waals surface area contributed by atoms with Crippen molar-refractivity contribution in [2.45, 2.75) is 40.7 Å². The molecule has 0 atom stereocenters. The van der Waals surface area contributed by atoms with Gasteiger partial charge in [-0.15, -0.1) is 0 Å². The number of nitrogens with two attached hydrogens (primary N) is 1. The molecule has 5 heteroatoms. The molecule has 2 aromatic carbocycles. The third-order valence-corrected chi connectivity index (χ3v) is 5.71. The van der Waals surface area contributed by atoms with Gasteiger partial charge in [0.2, 0.25) is 0 Å². The second kappa shape index (κ2) is 11.5. The van der Waals surface area contributed by atoms with E-state index in [0.717, 1.165) is 31.7 Å². The van der Waals surface area contributed by atoms with Crippen LogP contribution in [0.1, 0.15) is 35.4 Å². The number of H-pyrrole nitrogens is 2. The standard InChI is InChI=1S/C16H18N2O.C11H14N2.CH4/c1-12-4-5-16-15(9-12)13(10-18-16)6-7-17-11-14-3-2-8-19-14;1-8-2-3-11-10(6-8)9(4-5-12)7-13-11;/h2-5,8-10,17-18H,6-7,11H2,1H3;2-3,6-7,13H,4-5,12H2,1H3;1H4. The number of nitrogens with one attached hydrogen (secondary N) is 3. The monoisotopic (exact) mass is 444 g/mol. The molecule has 174 valence electrons. The van der Waals surface area contributed by atoms with Gasteiger partial charge in [-0.1, -0.05) is 30.7 Å². The largest absolute Gasteiger partial charge is 0.468 e. The van der Waals surface area contributed by atoms with Gasteiger partial charge in [-0.05, 0) is 87.3 Å². The second-order valence-corrected chi connectivity index (χ2v) is 8.27. The van der Waals surface area contributed by atoms with Gasteiger partial charge >= 0.3 is 0 Å². The lowest BCUT2D eigenvalue weighted by Gasteiger charge is -2.02. The molecule has 0 unspecified atom stereocenters. The first-order chi connectivity index (χ1) is 15.6. The van der Waals surface area contributed by atoms with Crippen LogP contribution < -0.4 is 11.1 Å². The Kier molecular flexibility index (Phi) is 8.52. The molecule has 3 heterocycles. The maximum Gasteiger partial charge on any atom is 0.117 e. The van der Waals surface area contributed by atoms with Crippen LogP contribution in [-0.4, -0.2) is 23.1 Å². The normalized spacial score (nSPS) is 10.8. The van der Waals surface area contributed by atoms with Gasteiger partial charge in [0.05, 0.1) is 12.8 Å². The fourth-order valence-electron chi connectivity index (χ4n) is 4.00. The minimum absolute atomic E-state index is 0. The first-order valence-electron chi connectivity index (χ1n) is 11.2. The third-order valence-electron chi connectivity index (χ3n) is 5.71. The van der Waals surface area contributed by atoms with Crippen molar-refractivity contribution in [3.63, 3.8) is 0 Å². The first-order valence-corrected chi connectivity index (χ1v) is 11.2. The van der Waals surface area contributed by atoms with Crippen molar-refractivity contribution >= 4 is 21.8 Å². The molecule has 0 aliphatic heterocycles. The van der Waals surface area contributed by atoms with Crippen molar-refractivity contribution in [2.75, 3.05) is 13.1 Å². The number of fused-ring (bicyclic) bond motifs is 2. The highest BCUT2D eigenvalue weighted by molar-refractivity contribution is 5.84.